The van der Waals surface area contributed by atoms with Crippen LogP contribution in [0.15, 0.2) is 0 Å². The molecule has 0 bridgehead atoms. The van der Waals surface area contributed by atoms with Crippen molar-refractivity contribution < 1.29 is 19.0 Å². The maximum atomic E-state index is 11.8. The van der Waals surface area contributed by atoms with Crippen LogP contribution in [0.25, 0.3) is 0 Å². The van der Waals surface area contributed by atoms with Crippen molar-refractivity contribution in [2.24, 2.45) is 5.92 Å². The van der Waals surface area contributed by atoms with Crippen LogP contribution in [0.1, 0.15) is 20.3 Å². The molecule has 2 unspecified atom stereocenters. The van der Waals surface area contributed by atoms with Gasteiger partial charge in [0.05, 0.1) is 25.7 Å². The highest BCUT2D eigenvalue weighted by atomic mass is 16.6. The Labute approximate surface area is 103 Å². The molecule has 0 aromatic rings. The van der Waals surface area contributed by atoms with E-state index in [0.29, 0.717) is 33.0 Å². The lowest BCUT2D eigenvalue weighted by Gasteiger charge is -2.16. The van der Waals surface area contributed by atoms with Crippen molar-refractivity contribution in [2.45, 2.75) is 26.3 Å². The smallest absolute Gasteiger partial charge is 0.313 e. The topological polar surface area (TPSA) is 56.8 Å². The van der Waals surface area contributed by atoms with Crippen LogP contribution in [0.2, 0.25) is 0 Å². The van der Waals surface area contributed by atoms with E-state index >= 15 is 0 Å². The van der Waals surface area contributed by atoms with Crippen LogP contribution in [0.4, 0.5) is 0 Å². The Morgan fingerprint density at radius 1 is 1.29 bits per heavy atom. The van der Waals surface area contributed by atoms with Gasteiger partial charge in [-0.25, -0.2) is 0 Å². The van der Waals surface area contributed by atoms with Gasteiger partial charge in [-0.1, -0.05) is 13.8 Å². The molecule has 2 atom stereocenters. The summed E-state index contributed by atoms with van der Waals surface area (Å²) < 4.78 is 15.7. The van der Waals surface area contributed by atoms with Gasteiger partial charge in [0.1, 0.15) is 6.61 Å². The molecule has 0 aliphatic carbocycles. The van der Waals surface area contributed by atoms with E-state index in [0.717, 1.165) is 13.0 Å². The number of hydrogen-bond donors (Lipinski definition) is 1. The van der Waals surface area contributed by atoms with Crippen molar-refractivity contribution in [1.82, 2.24) is 5.32 Å². The molecule has 100 valence electrons. The fourth-order valence-corrected chi connectivity index (χ4v) is 1.80. The number of likely N-dealkylation sites (N-methyl/N-ethyl adjacent to an activating group) is 1. The molecule has 1 saturated heterocycles. The number of carbonyl (C=O) groups excluding carboxylic acids is 1. The van der Waals surface area contributed by atoms with Crippen LogP contribution in [0.5, 0.6) is 0 Å². The minimum absolute atomic E-state index is 0.0871. The van der Waals surface area contributed by atoms with Crippen LogP contribution >= 0.6 is 0 Å². The minimum Gasteiger partial charge on any atom is -0.463 e. The average molecular weight is 245 g/mol. The Morgan fingerprint density at radius 3 is 2.82 bits per heavy atom. The Bertz CT molecular complexity index is 223. The third kappa shape index (κ3) is 5.02. The molecule has 5 nitrogen and oxygen atoms in total. The molecular formula is C12H23NO4. The van der Waals surface area contributed by atoms with Crippen LogP contribution in [-0.2, 0) is 19.0 Å². The number of ether oxygens (including phenoxy) is 3. The van der Waals surface area contributed by atoms with Crippen LogP contribution in [0.3, 0.4) is 0 Å². The molecule has 1 heterocycles. The molecule has 0 aromatic heterocycles. The number of carbonyl (C=O) groups is 1. The third-order valence-electron chi connectivity index (χ3n) is 2.67. The number of esters is 1. The van der Waals surface area contributed by atoms with E-state index in [1.807, 2.05) is 13.8 Å². The van der Waals surface area contributed by atoms with E-state index in [1.165, 1.54) is 0 Å². The molecule has 1 aliphatic rings. The summed E-state index contributed by atoms with van der Waals surface area (Å²) in [5, 5.41) is 3.23. The Kier molecular flexibility index (Phi) is 7.16. The molecule has 0 spiro atoms. The lowest BCUT2D eigenvalue weighted by atomic mass is 10.0. The van der Waals surface area contributed by atoms with Crippen molar-refractivity contribution in [3.63, 3.8) is 0 Å². The quantitative estimate of drug-likeness (QED) is 0.501. The first kappa shape index (κ1) is 14.4. The summed E-state index contributed by atoms with van der Waals surface area (Å²) in [6.07, 6.45) is 0.979. The van der Waals surface area contributed by atoms with Gasteiger partial charge < -0.3 is 19.5 Å². The van der Waals surface area contributed by atoms with Crippen molar-refractivity contribution >= 4 is 5.97 Å². The summed E-state index contributed by atoms with van der Waals surface area (Å²) in [6, 6.07) is 0.0871. The fourth-order valence-electron chi connectivity index (χ4n) is 1.80. The van der Waals surface area contributed by atoms with Gasteiger partial charge in [-0.05, 0) is 13.0 Å². The highest BCUT2D eigenvalue weighted by Gasteiger charge is 2.34. The van der Waals surface area contributed by atoms with Gasteiger partial charge in [-0.15, -0.1) is 0 Å². The summed E-state index contributed by atoms with van der Waals surface area (Å²) in [5.74, 6) is -0.366. The van der Waals surface area contributed by atoms with Crippen LogP contribution in [0, 0.1) is 5.92 Å². The Morgan fingerprint density at radius 2 is 2.12 bits per heavy atom. The largest absolute Gasteiger partial charge is 0.463 e. The SMILES string of the molecule is CCCOCCOC(=O)C1COCC1NCC. The zero-order valence-corrected chi connectivity index (χ0v) is 10.7. The zero-order valence-electron chi connectivity index (χ0n) is 10.7. The number of rotatable bonds is 8. The van der Waals surface area contributed by atoms with Crippen molar-refractivity contribution in [3.05, 3.63) is 0 Å². The normalized spacial score (nSPS) is 23.9. The first-order valence-corrected chi connectivity index (χ1v) is 6.35. The molecular weight excluding hydrogens is 222 g/mol. The second-order valence-corrected chi connectivity index (χ2v) is 4.09. The molecule has 1 aliphatic heterocycles. The Balaban J connectivity index is 2.17. The van der Waals surface area contributed by atoms with E-state index in [9.17, 15) is 4.79 Å². The number of hydrogen-bond acceptors (Lipinski definition) is 5. The van der Waals surface area contributed by atoms with Crippen LogP contribution in [-0.4, -0.2) is 51.6 Å². The molecule has 0 aromatic carbocycles. The van der Waals surface area contributed by atoms with E-state index in [-0.39, 0.29) is 17.9 Å². The molecule has 5 heteroatoms. The van der Waals surface area contributed by atoms with Gasteiger partial charge in [-0.2, -0.15) is 0 Å². The second kappa shape index (κ2) is 8.44. The van der Waals surface area contributed by atoms with Gasteiger partial charge in [0.15, 0.2) is 0 Å². The summed E-state index contributed by atoms with van der Waals surface area (Å²) in [7, 11) is 0. The third-order valence-corrected chi connectivity index (χ3v) is 2.67. The fraction of sp³-hybridized carbons (Fsp3) is 0.917. The minimum atomic E-state index is -0.187. The predicted molar refractivity (Wildman–Crippen MR) is 63.8 cm³/mol. The van der Waals surface area contributed by atoms with Crippen molar-refractivity contribution in [2.75, 3.05) is 39.6 Å². The van der Waals surface area contributed by atoms with Gasteiger partial charge >= 0.3 is 5.97 Å². The monoisotopic (exact) mass is 245 g/mol. The van der Waals surface area contributed by atoms with Gasteiger partial charge in [-0.3, -0.25) is 4.79 Å². The van der Waals surface area contributed by atoms with Crippen molar-refractivity contribution in [1.29, 1.82) is 0 Å². The highest BCUT2D eigenvalue weighted by molar-refractivity contribution is 5.73. The summed E-state index contributed by atoms with van der Waals surface area (Å²) in [5.41, 5.74) is 0. The van der Waals surface area contributed by atoms with E-state index < -0.39 is 0 Å². The number of nitrogens with one attached hydrogen (secondary N) is 1. The predicted octanol–water partition coefficient (Wildman–Crippen LogP) is 0.581. The zero-order chi connectivity index (χ0) is 12.5. The molecule has 1 rings (SSSR count). The lowest BCUT2D eigenvalue weighted by molar-refractivity contribution is -0.150. The molecule has 17 heavy (non-hydrogen) atoms. The summed E-state index contributed by atoms with van der Waals surface area (Å²) in [4.78, 5) is 11.8. The summed E-state index contributed by atoms with van der Waals surface area (Å²) in [6.45, 7) is 7.43. The van der Waals surface area contributed by atoms with Gasteiger partial charge in [0.25, 0.3) is 0 Å². The van der Waals surface area contributed by atoms with Crippen molar-refractivity contribution in [3.8, 4) is 0 Å². The Hall–Kier alpha value is -0.650. The second-order valence-electron chi connectivity index (χ2n) is 4.09. The maximum absolute atomic E-state index is 11.8. The van der Waals surface area contributed by atoms with E-state index in [1.54, 1.807) is 0 Å². The lowest BCUT2D eigenvalue weighted by Crippen LogP contribution is -2.40. The average Bonchev–Trinajstić information content (AvgIpc) is 2.77. The van der Waals surface area contributed by atoms with Gasteiger partial charge in [0.2, 0.25) is 0 Å². The van der Waals surface area contributed by atoms with E-state index in [4.69, 9.17) is 14.2 Å². The molecule has 1 N–H and O–H groups in total. The highest BCUT2D eigenvalue weighted by Crippen LogP contribution is 2.15. The first-order valence-electron chi connectivity index (χ1n) is 6.35. The van der Waals surface area contributed by atoms with Crippen LogP contribution < -0.4 is 5.32 Å². The molecule has 0 radical (unpaired) electrons. The standard InChI is InChI=1S/C12H23NO4/c1-3-5-15-6-7-17-12(14)10-8-16-9-11(10)13-4-2/h10-11,13H,3-9H2,1-2H3. The van der Waals surface area contributed by atoms with E-state index in [2.05, 4.69) is 5.32 Å². The molecule has 0 amide bonds. The summed E-state index contributed by atoms with van der Waals surface area (Å²) >= 11 is 0. The first-order chi connectivity index (χ1) is 8.29. The maximum Gasteiger partial charge on any atom is 0.313 e. The molecule has 1 fully saturated rings. The molecule has 0 saturated carbocycles. The van der Waals surface area contributed by atoms with Gasteiger partial charge in [0, 0.05) is 12.6 Å².